The van der Waals surface area contributed by atoms with E-state index in [4.69, 9.17) is 4.74 Å². The van der Waals surface area contributed by atoms with Crippen molar-refractivity contribution in [3.8, 4) is 0 Å². The van der Waals surface area contributed by atoms with Crippen molar-refractivity contribution in [2.75, 3.05) is 19.8 Å². The predicted octanol–water partition coefficient (Wildman–Crippen LogP) is 2.43. The van der Waals surface area contributed by atoms with Gasteiger partial charge in [0, 0.05) is 13.1 Å². The molecular weight excluding hydrogens is 194 g/mol. The fraction of sp³-hybridized carbons (Fsp3) is 0.455. The fourth-order valence-corrected chi connectivity index (χ4v) is 1.69. The molecule has 1 aromatic heterocycles. The van der Waals surface area contributed by atoms with Crippen LogP contribution in [-0.2, 0) is 11.3 Å². The fourth-order valence-electron chi connectivity index (χ4n) is 1.02. The van der Waals surface area contributed by atoms with Crippen LogP contribution in [0.1, 0.15) is 12.5 Å². The topological polar surface area (TPSA) is 21.3 Å². The Morgan fingerprint density at radius 3 is 3.14 bits per heavy atom. The molecule has 0 spiro atoms. The number of thiophene rings is 1. The van der Waals surface area contributed by atoms with Gasteiger partial charge in [0.2, 0.25) is 0 Å². The second-order valence-corrected chi connectivity index (χ2v) is 4.10. The zero-order valence-corrected chi connectivity index (χ0v) is 9.40. The van der Waals surface area contributed by atoms with E-state index in [1.165, 1.54) is 5.56 Å². The van der Waals surface area contributed by atoms with Crippen molar-refractivity contribution in [2.45, 2.75) is 13.5 Å². The van der Waals surface area contributed by atoms with E-state index in [0.717, 1.165) is 25.3 Å². The standard InChI is InChI=1S/C11H17NOS/c1-10(2)8-13-5-4-12-7-11-3-6-14-9-11/h3,6,9,12H,1,4-5,7-8H2,2H3. The molecule has 0 aliphatic heterocycles. The van der Waals surface area contributed by atoms with Gasteiger partial charge in [0.1, 0.15) is 0 Å². The lowest BCUT2D eigenvalue weighted by atomic mass is 10.3. The van der Waals surface area contributed by atoms with Crippen LogP contribution in [0.15, 0.2) is 29.0 Å². The molecule has 0 radical (unpaired) electrons. The molecule has 0 saturated heterocycles. The Labute approximate surface area is 89.6 Å². The van der Waals surface area contributed by atoms with Gasteiger partial charge in [-0.15, -0.1) is 0 Å². The molecule has 1 N–H and O–H groups in total. The lowest BCUT2D eigenvalue weighted by Gasteiger charge is -2.04. The van der Waals surface area contributed by atoms with Gasteiger partial charge in [-0.2, -0.15) is 11.3 Å². The number of rotatable bonds is 7. The maximum Gasteiger partial charge on any atom is 0.0672 e. The summed E-state index contributed by atoms with van der Waals surface area (Å²) in [6.45, 7) is 8.98. The molecule has 0 aliphatic rings. The third kappa shape index (κ3) is 5.17. The Morgan fingerprint density at radius 2 is 2.50 bits per heavy atom. The second-order valence-electron chi connectivity index (χ2n) is 3.32. The van der Waals surface area contributed by atoms with Crippen LogP contribution in [0.3, 0.4) is 0 Å². The molecule has 0 atom stereocenters. The van der Waals surface area contributed by atoms with Gasteiger partial charge in [0.25, 0.3) is 0 Å². The lowest BCUT2D eigenvalue weighted by molar-refractivity contribution is 0.158. The van der Waals surface area contributed by atoms with Crippen molar-refractivity contribution in [1.82, 2.24) is 5.32 Å². The quantitative estimate of drug-likeness (QED) is 0.552. The average molecular weight is 211 g/mol. The molecule has 0 fully saturated rings. The third-order valence-corrected chi connectivity index (χ3v) is 2.41. The Balaban J connectivity index is 1.92. The maximum absolute atomic E-state index is 5.36. The first-order valence-electron chi connectivity index (χ1n) is 4.73. The summed E-state index contributed by atoms with van der Waals surface area (Å²) in [4.78, 5) is 0. The second kappa shape index (κ2) is 6.76. The molecule has 3 heteroatoms. The van der Waals surface area contributed by atoms with Gasteiger partial charge in [0.05, 0.1) is 13.2 Å². The lowest BCUT2D eigenvalue weighted by Crippen LogP contribution is -2.19. The minimum atomic E-state index is 0.667. The summed E-state index contributed by atoms with van der Waals surface area (Å²) >= 11 is 1.73. The van der Waals surface area contributed by atoms with Crippen LogP contribution in [0.5, 0.6) is 0 Å². The highest BCUT2D eigenvalue weighted by Gasteiger charge is 1.92. The molecule has 1 aromatic rings. The molecule has 2 nitrogen and oxygen atoms in total. The van der Waals surface area contributed by atoms with E-state index < -0.39 is 0 Å². The minimum Gasteiger partial charge on any atom is -0.376 e. The van der Waals surface area contributed by atoms with Gasteiger partial charge in [-0.1, -0.05) is 12.2 Å². The Hall–Kier alpha value is -0.640. The van der Waals surface area contributed by atoms with E-state index in [1.54, 1.807) is 11.3 Å². The summed E-state index contributed by atoms with van der Waals surface area (Å²) in [5.74, 6) is 0. The van der Waals surface area contributed by atoms with Crippen molar-refractivity contribution in [2.24, 2.45) is 0 Å². The monoisotopic (exact) mass is 211 g/mol. The number of nitrogens with one attached hydrogen (secondary N) is 1. The first-order valence-corrected chi connectivity index (χ1v) is 5.67. The Bertz CT molecular complexity index is 256. The first kappa shape index (κ1) is 11.4. The van der Waals surface area contributed by atoms with E-state index in [2.05, 4.69) is 28.7 Å². The minimum absolute atomic E-state index is 0.667. The predicted molar refractivity (Wildman–Crippen MR) is 61.7 cm³/mol. The zero-order valence-electron chi connectivity index (χ0n) is 8.58. The van der Waals surface area contributed by atoms with Gasteiger partial charge in [-0.25, -0.2) is 0 Å². The van der Waals surface area contributed by atoms with Crippen LogP contribution >= 0.6 is 11.3 Å². The van der Waals surface area contributed by atoms with E-state index >= 15 is 0 Å². The van der Waals surface area contributed by atoms with Crippen molar-refractivity contribution in [1.29, 1.82) is 0 Å². The van der Waals surface area contributed by atoms with E-state index in [9.17, 15) is 0 Å². The van der Waals surface area contributed by atoms with E-state index in [0.29, 0.717) is 6.61 Å². The highest BCUT2D eigenvalue weighted by atomic mass is 32.1. The van der Waals surface area contributed by atoms with Crippen molar-refractivity contribution in [3.05, 3.63) is 34.5 Å². The van der Waals surface area contributed by atoms with Gasteiger partial charge >= 0.3 is 0 Å². The SMILES string of the molecule is C=C(C)COCCNCc1ccsc1. The van der Waals surface area contributed by atoms with Crippen LogP contribution in [0.2, 0.25) is 0 Å². The van der Waals surface area contributed by atoms with Gasteiger partial charge in [0.15, 0.2) is 0 Å². The maximum atomic E-state index is 5.36. The van der Waals surface area contributed by atoms with Crippen LogP contribution < -0.4 is 5.32 Å². The summed E-state index contributed by atoms with van der Waals surface area (Å²) in [5, 5.41) is 7.56. The van der Waals surface area contributed by atoms with E-state index in [-0.39, 0.29) is 0 Å². The van der Waals surface area contributed by atoms with Gasteiger partial charge < -0.3 is 10.1 Å². The smallest absolute Gasteiger partial charge is 0.0672 e. The molecule has 14 heavy (non-hydrogen) atoms. The third-order valence-electron chi connectivity index (χ3n) is 1.68. The Morgan fingerprint density at radius 1 is 1.64 bits per heavy atom. The molecule has 0 unspecified atom stereocenters. The van der Waals surface area contributed by atoms with Crippen molar-refractivity contribution in [3.63, 3.8) is 0 Å². The summed E-state index contributed by atoms with van der Waals surface area (Å²) in [7, 11) is 0. The summed E-state index contributed by atoms with van der Waals surface area (Å²) in [6.07, 6.45) is 0. The van der Waals surface area contributed by atoms with Crippen LogP contribution in [-0.4, -0.2) is 19.8 Å². The molecule has 0 aliphatic carbocycles. The molecule has 0 bridgehead atoms. The summed E-state index contributed by atoms with van der Waals surface area (Å²) < 4.78 is 5.36. The van der Waals surface area contributed by atoms with Gasteiger partial charge in [-0.3, -0.25) is 0 Å². The largest absolute Gasteiger partial charge is 0.376 e. The summed E-state index contributed by atoms with van der Waals surface area (Å²) in [6, 6.07) is 2.13. The molecule has 1 rings (SSSR count). The van der Waals surface area contributed by atoms with E-state index in [1.807, 2.05) is 6.92 Å². The average Bonchev–Trinajstić information content (AvgIpc) is 2.63. The molecule has 0 amide bonds. The van der Waals surface area contributed by atoms with Crippen LogP contribution in [0.25, 0.3) is 0 Å². The summed E-state index contributed by atoms with van der Waals surface area (Å²) in [5.41, 5.74) is 2.41. The molecular formula is C11H17NOS. The number of hydrogen-bond donors (Lipinski definition) is 1. The molecule has 78 valence electrons. The normalized spacial score (nSPS) is 10.4. The number of ether oxygens (including phenoxy) is 1. The molecule has 1 heterocycles. The van der Waals surface area contributed by atoms with Crippen LogP contribution in [0, 0.1) is 0 Å². The zero-order chi connectivity index (χ0) is 10.2. The van der Waals surface area contributed by atoms with Crippen molar-refractivity contribution < 1.29 is 4.74 Å². The highest BCUT2D eigenvalue weighted by molar-refractivity contribution is 7.07. The van der Waals surface area contributed by atoms with Crippen LogP contribution in [0.4, 0.5) is 0 Å². The highest BCUT2D eigenvalue weighted by Crippen LogP contribution is 2.04. The molecule has 0 saturated carbocycles. The first-order chi connectivity index (χ1) is 6.79. The van der Waals surface area contributed by atoms with Gasteiger partial charge in [-0.05, 0) is 29.3 Å². The van der Waals surface area contributed by atoms with Crippen molar-refractivity contribution >= 4 is 11.3 Å². The Kier molecular flexibility index (Phi) is 5.52. The molecule has 0 aromatic carbocycles. The number of hydrogen-bond acceptors (Lipinski definition) is 3.